The zero-order valence-corrected chi connectivity index (χ0v) is 12.9. The first-order chi connectivity index (χ1) is 11.9. The Morgan fingerprint density at radius 2 is 1.27 bits per heavy atom. The molecule has 0 unspecified atom stereocenters. The van der Waals surface area contributed by atoms with Gasteiger partial charge in [0.1, 0.15) is 0 Å². The van der Waals surface area contributed by atoms with E-state index in [-0.39, 0.29) is 16.8 Å². The topological polar surface area (TPSA) is 72.3 Å². The summed E-state index contributed by atoms with van der Waals surface area (Å²) in [7, 11) is 0. The van der Waals surface area contributed by atoms with Crippen molar-refractivity contribution in [3.8, 4) is 0 Å². The number of hydrogen-bond acceptors (Lipinski definition) is 3. The molecule has 0 radical (unpaired) electrons. The van der Waals surface area contributed by atoms with Crippen LogP contribution in [-0.2, 0) is 5.60 Å². The average molecular weight is 374 g/mol. The summed E-state index contributed by atoms with van der Waals surface area (Å²) in [6.45, 7) is 0. The van der Waals surface area contributed by atoms with Crippen LogP contribution >= 0.6 is 0 Å². The molecule has 26 heavy (non-hydrogen) atoms. The van der Waals surface area contributed by atoms with Crippen LogP contribution in [0, 0.1) is 0 Å². The molecule has 0 spiro atoms. The van der Waals surface area contributed by atoms with E-state index in [1.165, 1.54) is 18.2 Å². The Hall–Kier alpha value is -2.68. The van der Waals surface area contributed by atoms with E-state index in [0.717, 1.165) is 12.1 Å². The first kappa shape index (κ1) is 18.1. The third-order valence-corrected chi connectivity index (χ3v) is 4.24. The van der Waals surface area contributed by atoms with Gasteiger partial charge in [-0.15, -0.1) is 0 Å². The first-order valence-corrected chi connectivity index (χ1v) is 7.24. The van der Waals surface area contributed by atoms with Gasteiger partial charge in [0.25, 0.3) is 5.60 Å². The molecule has 0 amide bonds. The van der Waals surface area contributed by atoms with E-state index >= 15 is 0 Å². The normalized spacial score (nSPS) is 13.5. The zero-order valence-electron chi connectivity index (χ0n) is 12.9. The van der Waals surface area contributed by atoms with Gasteiger partial charge in [-0.2, -0.15) is 26.3 Å². The lowest BCUT2D eigenvalue weighted by atomic mass is 9.86. The molecule has 0 bridgehead atoms. The smallest absolute Gasteiger partial charge is 0.399 e. The van der Waals surface area contributed by atoms with Crippen molar-refractivity contribution in [2.45, 2.75) is 18.0 Å². The predicted octanol–water partition coefficient (Wildman–Crippen LogP) is 4.47. The average Bonchev–Trinajstić information content (AvgIpc) is 2.51. The van der Waals surface area contributed by atoms with E-state index in [0.29, 0.717) is 16.8 Å². The molecule has 0 aliphatic carbocycles. The van der Waals surface area contributed by atoms with Gasteiger partial charge >= 0.3 is 12.4 Å². The second kappa shape index (κ2) is 5.41. The van der Waals surface area contributed by atoms with Crippen LogP contribution in [0.1, 0.15) is 5.56 Å². The molecule has 9 heteroatoms. The Bertz CT molecular complexity index is 996. The lowest BCUT2D eigenvalue weighted by molar-refractivity contribution is -0.375. The quantitative estimate of drug-likeness (QED) is 0.334. The van der Waals surface area contributed by atoms with E-state index in [1.54, 1.807) is 6.07 Å². The highest BCUT2D eigenvalue weighted by molar-refractivity contribution is 6.05. The molecule has 5 N–H and O–H groups in total. The second-order valence-corrected chi connectivity index (χ2v) is 5.91. The van der Waals surface area contributed by atoms with Crippen LogP contribution in [0.25, 0.3) is 21.5 Å². The van der Waals surface area contributed by atoms with Gasteiger partial charge in [0, 0.05) is 22.3 Å². The Balaban J connectivity index is 2.48. The number of nitrogens with two attached hydrogens (primary N) is 2. The van der Waals surface area contributed by atoms with Crippen LogP contribution in [0.4, 0.5) is 37.7 Å². The minimum absolute atomic E-state index is 0.0193. The molecule has 0 aromatic heterocycles. The molecule has 0 aliphatic heterocycles. The summed E-state index contributed by atoms with van der Waals surface area (Å²) < 4.78 is 79.6. The van der Waals surface area contributed by atoms with Crippen molar-refractivity contribution in [1.82, 2.24) is 0 Å². The molecule has 3 rings (SSSR count). The van der Waals surface area contributed by atoms with Crippen molar-refractivity contribution in [3.05, 3.63) is 48.0 Å². The van der Waals surface area contributed by atoms with Crippen molar-refractivity contribution >= 4 is 32.9 Å². The third kappa shape index (κ3) is 2.50. The second-order valence-electron chi connectivity index (χ2n) is 5.91. The summed E-state index contributed by atoms with van der Waals surface area (Å²) in [5, 5.41) is 10.1. The molecule has 3 nitrogen and oxygen atoms in total. The molecule has 0 atom stereocenters. The molecular weight excluding hydrogens is 362 g/mol. The summed E-state index contributed by atoms with van der Waals surface area (Å²) in [5.74, 6) is 0. The minimum Gasteiger partial charge on any atom is -0.399 e. The van der Waals surface area contributed by atoms with Crippen LogP contribution in [0.15, 0.2) is 42.5 Å². The van der Waals surface area contributed by atoms with Gasteiger partial charge in [0.15, 0.2) is 0 Å². The Kier molecular flexibility index (Phi) is 3.77. The number of nitrogen functional groups attached to an aromatic ring is 2. The van der Waals surface area contributed by atoms with E-state index in [1.807, 2.05) is 0 Å². The summed E-state index contributed by atoms with van der Waals surface area (Å²) >= 11 is 0. The van der Waals surface area contributed by atoms with Gasteiger partial charge in [-0.25, -0.2) is 0 Å². The number of hydrogen-bond donors (Lipinski definition) is 3. The van der Waals surface area contributed by atoms with E-state index in [9.17, 15) is 31.4 Å². The lowest BCUT2D eigenvalue weighted by Crippen LogP contribution is -2.54. The van der Waals surface area contributed by atoms with E-state index in [2.05, 4.69) is 0 Å². The highest BCUT2D eigenvalue weighted by Crippen LogP contribution is 2.52. The van der Waals surface area contributed by atoms with Crippen molar-refractivity contribution in [3.63, 3.8) is 0 Å². The van der Waals surface area contributed by atoms with Crippen molar-refractivity contribution in [2.24, 2.45) is 0 Å². The third-order valence-electron chi connectivity index (χ3n) is 4.24. The van der Waals surface area contributed by atoms with Crippen LogP contribution in [0.5, 0.6) is 0 Å². The van der Waals surface area contributed by atoms with Gasteiger partial charge in [0.05, 0.1) is 0 Å². The number of alkyl halides is 6. The fourth-order valence-electron chi connectivity index (χ4n) is 2.91. The highest BCUT2D eigenvalue weighted by Gasteiger charge is 2.71. The molecule has 0 heterocycles. The first-order valence-electron chi connectivity index (χ1n) is 7.24. The molecular formula is C17H12F6N2O. The number of fused-ring (bicyclic) bond motifs is 2. The molecule has 3 aromatic carbocycles. The number of aliphatic hydroxyl groups is 1. The lowest BCUT2D eigenvalue weighted by Gasteiger charge is -2.33. The highest BCUT2D eigenvalue weighted by atomic mass is 19.4. The Morgan fingerprint density at radius 1 is 0.692 bits per heavy atom. The maximum Gasteiger partial charge on any atom is 0.430 e. The van der Waals surface area contributed by atoms with E-state index in [4.69, 9.17) is 11.5 Å². The van der Waals surface area contributed by atoms with Gasteiger partial charge in [-0.1, -0.05) is 12.1 Å². The molecule has 0 fully saturated rings. The monoisotopic (exact) mass is 374 g/mol. The number of benzene rings is 3. The maximum absolute atomic E-state index is 13.3. The summed E-state index contributed by atoms with van der Waals surface area (Å²) in [6.07, 6.45) is -12.0. The van der Waals surface area contributed by atoms with E-state index < -0.39 is 28.9 Å². The number of anilines is 2. The Labute approximate surface area is 142 Å². The largest absolute Gasteiger partial charge is 0.430 e. The fourth-order valence-corrected chi connectivity index (χ4v) is 2.91. The Morgan fingerprint density at radius 3 is 1.85 bits per heavy atom. The minimum atomic E-state index is -5.99. The van der Waals surface area contributed by atoms with Gasteiger partial charge in [0.2, 0.25) is 0 Å². The zero-order chi connectivity index (χ0) is 19.5. The number of rotatable bonds is 1. The molecule has 0 aliphatic rings. The van der Waals surface area contributed by atoms with Crippen LogP contribution in [0.3, 0.4) is 0 Å². The molecule has 138 valence electrons. The van der Waals surface area contributed by atoms with Crippen molar-refractivity contribution in [1.29, 1.82) is 0 Å². The van der Waals surface area contributed by atoms with Crippen molar-refractivity contribution in [2.75, 3.05) is 11.5 Å². The maximum atomic E-state index is 13.3. The number of halogens is 6. The fraction of sp³-hybridized carbons (Fsp3) is 0.176. The summed E-state index contributed by atoms with van der Waals surface area (Å²) in [6, 6.07) is 8.42. The molecule has 0 saturated carbocycles. The standard InChI is InChI=1S/C17H12F6N2O/c18-16(19,20)15(26,17(21,22)23)13-3-4-14(25)12-6-8-1-2-10(24)5-9(8)7-11(12)13/h1-7,26H,24-25H2. The summed E-state index contributed by atoms with van der Waals surface area (Å²) in [4.78, 5) is 0. The predicted molar refractivity (Wildman–Crippen MR) is 86.3 cm³/mol. The van der Waals surface area contributed by atoms with Crippen molar-refractivity contribution < 1.29 is 31.4 Å². The van der Waals surface area contributed by atoms with Crippen LogP contribution in [-0.4, -0.2) is 17.5 Å². The molecule has 0 saturated heterocycles. The summed E-state index contributed by atoms with van der Waals surface area (Å²) in [5.41, 5.74) is 5.24. The SMILES string of the molecule is Nc1ccc2cc3c(N)ccc(C(O)(C(F)(F)F)C(F)(F)F)c3cc2c1. The molecule has 3 aromatic rings. The van der Waals surface area contributed by atoms with Gasteiger partial charge < -0.3 is 16.6 Å². The van der Waals surface area contributed by atoms with Crippen LogP contribution in [0.2, 0.25) is 0 Å². The van der Waals surface area contributed by atoms with Crippen LogP contribution < -0.4 is 11.5 Å². The van der Waals surface area contributed by atoms with Gasteiger partial charge in [-0.05, 0) is 46.5 Å². The van der Waals surface area contributed by atoms with Gasteiger partial charge in [-0.3, -0.25) is 0 Å².